The molecule has 0 atom stereocenters. The minimum absolute atomic E-state index is 0.870. The van der Waals surface area contributed by atoms with E-state index in [4.69, 9.17) is 19.9 Å². The van der Waals surface area contributed by atoms with Crippen LogP contribution in [0.2, 0.25) is 0 Å². The van der Waals surface area contributed by atoms with Gasteiger partial charge in [-0.05, 0) is 107 Å². The van der Waals surface area contributed by atoms with Crippen LogP contribution in [0, 0.1) is 6.92 Å². The Balaban J connectivity index is 0.975. The molecule has 4 heterocycles. The van der Waals surface area contributed by atoms with E-state index in [0.29, 0.717) is 0 Å². The van der Waals surface area contributed by atoms with E-state index in [2.05, 4.69) is 167 Å². The summed E-state index contributed by atoms with van der Waals surface area (Å²) in [6.45, 7) is 2.13. The van der Waals surface area contributed by atoms with Crippen LogP contribution in [0.5, 0.6) is 0 Å². The Kier molecular flexibility index (Phi) is 7.34. The molecule has 59 heavy (non-hydrogen) atoms. The van der Waals surface area contributed by atoms with Crippen LogP contribution in [0.1, 0.15) is 5.56 Å². The standard InChI is InChI=1S/C53H34N6/c1-33-18-20-34(21-19-33)39-30-40(35-22-26-37(27-23-35)50-54-44-12-4-2-10-42(44)52-56-46-14-6-8-16-48(46)58(50)52)32-41(31-39)36-24-28-38(29-25-36)51-55-45-13-5-3-11-43(45)53-57-47-15-7-9-17-49(47)59(51)53/h2-32H,1H3. The van der Waals surface area contributed by atoms with E-state index < -0.39 is 0 Å². The van der Waals surface area contributed by atoms with Crippen molar-refractivity contribution in [3.8, 4) is 56.2 Å². The largest absolute Gasteiger partial charge is 0.276 e. The minimum atomic E-state index is 0.870. The number of para-hydroxylation sites is 6. The van der Waals surface area contributed by atoms with E-state index in [-0.39, 0.29) is 0 Å². The second-order valence-corrected chi connectivity index (χ2v) is 15.2. The molecule has 12 aromatic rings. The molecule has 0 fully saturated rings. The highest BCUT2D eigenvalue weighted by atomic mass is 15.1. The molecule has 0 bridgehead atoms. The van der Waals surface area contributed by atoms with E-state index in [1.54, 1.807) is 0 Å². The van der Waals surface area contributed by atoms with Gasteiger partial charge < -0.3 is 0 Å². The number of nitrogens with zero attached hydrogens (tertiary/aromatic N) is 6. The van der Waals surface area contributed by atoms with Gasteiger partial charge in [-0.2, -0.15) is 0 Å². The number of imidazole rings is 2. The lowest BCUT2D eigenvalue weighted by Gasteiger charge is -2.14. The molecule has 0 spiro atoms. The van der Waals surface area contributed by atoms with Crippen molar-refractivity contribution in [1.29, 1.82) is 0 Å². The molecular formula is C53H34N6. The molecule has 276 valence electrons. The van der Waals surface area contributed by atoms with Crippen molar-refractivity contribution in [2.24, 2.45) is 0 Å². The zero-order valence-electron chi connectivity index (χ0n) is 32.1. The average molecular weight is 755 g/mol. The topological polar surface area (TPSA) is 60.4 Å². The molecule has 0 N–H and O–H groups in total. The number of benzene rings is 8. The summed E-state index contributed by atoms with van der Waals surface area (Å²) < 4.78 is 4.39. The van der Waals surface area contributed by atoms with Crippen molar-refractivity contribution in [2.45, 2.75) is 6.92 Å². The normalized spacial score (nSPS) is 11.8. The van der Waals surface area contributed by atoms with Crippen molar-refractivity contribution < 1.29 is 0 Å². The first-order valence-electron chi connectivity index (χ1n) is 19.9. The molecule has 0 aliphatic rings. The maximum Gasteiger partial charge on any atom is 0.149 e. The first kappa shape index (κ1) is 33.2. The maximum atomic E-state index is 5.20. The lowest BCUT2D eigenvalue weighted by molar-refractivity contribution is 1.16. The van der Waals surface area contributed by atoms with Gasteiger partial charge in [-0.3, -0.25) is 8.80 Å². The zero-order chi connectivity index (χ0) is 39.0. The summed E-state index contributed by atoms with van der Waals surface area (Å²) in [6.07, 6.45) is 0. The number of rotatable bonds is 5. The summed E-state index contributed by atoms with van der Waals surface area (Å²) in [5, 5.41) is 2.07. The third-order valence-corrected chi connectivity index (χ3v) is 11.6. The molecule has 12 rings (SSSR count). The Morgan fingerprint density at radius 3 is 1.07 bits per heavy atom. The molecule has 0 aliphatic heterocycles. The van der Waals surface area contributed by atoms with Gasteiger partial charge in [0.05, 0.1) is 33.1 Å². The summed E-state index contributed by atoms with van der Waals surface area (Å²) in [7, 11) is 0. The van der Waals surface area contributed by atoms with Gasteiger partial charge in [0, 0.05) is 21.9 Å². The lowest BCUT2D eigenvalue weighted by atomic mass is 9.92. The fraction of sp³-hybridized carbons (Fsp3) is 0.0189. The SMILES string of the molecule is Cc1ccc(-c2cc(-c3ccc(-c4nc5ccccc5c5nc6ccccc6n45)cc3)cc(-c3ccc(-c4nc5ccccc5c5nc6ccccc6n45)cc3)c2)cc1. The van der Waals surface area contributed by atoms with Gasteiger partial charge in [0.2, 0.25) is 0 Å². The monoisotopic (exact) mass is 754 g/mol. The van der Waals surface area contributed by atoms with Gasteiger partial charge in [0.15, 0.2) is 0 Å². The first-order chi connectivity index (χ1) is 29.1. The molecule has 8 aromatic carbocycles. The Bertz CT molecular complexity index is 3380. The molecule has 6 heteroatoms. The van der Waals surface area contributed by atoms with E-state index in [1.165, 1.54) is 11.1 Å². The van der Waals surface area contributed by atoms with Crippen LogP contribution in [-0.2, 0) is 0 Å². The zero-order valence-corrected chi connectivity index (χ0v) is 32.1. The van der Waals surface area contributed by atoms with Crippen LogP contribution in [0.15, 0.2) is 188 Å². The van der Waals surface area contributed by atoms with Gasteiger partial charge in [-0.25, -0.2) is 19.9 Å². The van der Waals surface area contributed by atoms with E-state index >= 15 is 0 Å². The minimum Gasteiger partial charge on any atom is -0.276 e. The number of hydrogen-bond acceptors (Lipinski definition) is 4. The van der Waals surface area contributed by atoms with Crippen molar-refractivity contribution in [3.05, 3.63) is 194 Å². The van der Waals surface area contributed by atoms with Crippen LogP contribution in [-0.4, -0.2) is 28.7 Å². The van der Waals surface area contributed by atoms with E-state index in [9.17, 15) is 0 Å². The van der Waals surface area contributed by atoms with E-state index in [0.717, 1.165) is 106 Å². The predicted octanol–water partition coefficient (Wildman–Crippen LogP) is 13.0. The fourth-order valence-corrected chi connectivity index (χ4v) is 8.58. The predicted molar refractivity (Wildman–Crippen MR) is 241 cm³/mol. The highest BCUT2D eigenvalue weighted by Crippen LogP contribution is 2.37. The fourth-order valence-electron chi connectivity index (χ4n) is 8.58. The molecule has 0 radical (unpaired) electrons. The van der Waals surface area contributed by atoms with Crippen LogP contribution in [0.4, 0.5) is 0 Å². The number of fused-ring (bicyclic) bond motifs is 10. The summed E-state index contributed by atoms with van der Waals surface area (Å²) in [5.41, 5.74) is 17.8. The Morgan fingerprint density at radius 1 is 0.305 bits per heavy atom. The highest BCUT2D eigenvalue weighted by Gasteiger charge is 2.18. The Labute approximate surface area is 339 Å². The molecule has 0 saturated carbocycles. The Morgan fingerprint density at radius 2 is 0.644 bits per heavy atom. The first-order valence-corrected chi connectivity index (χ1v) is 19.9. The van der Waals surface area contributed by atoms with Gasteiger partial charge >= 0.3 is 0 Å². The van der Waals surface area contributed by atoms with E-state index in [1.807, 2.05) is 36.4 Å². The summed E-state index contributed by atoms with van der Waals surface area (Å²) in [4.78, 5) is 20.5. The molecule has 0 unspecified atom stereocenters. The molecule has 0 saturated heterocycles. The van der Waals surface area contributed by atoms with Crippen LogP contribution < -0.4 is 0 Å². The summed E-state index contributed by atoms with van der Waals surface area (Å²) in [5.74, 6) is 1.74. The summed E-state index contributed by atoms with van der Waals surface area (Å²) >= 11 is 0. The average Bonchev–Trinajstić information content (AvgIpc) is 3.89. The number of aryl methyl sites for hydroxylation is 1. The van der Waals surface area contributed by atoms with Crippen molar-refractivity contribution in [1.82, 2.24) is 28.7 Å². The van der Waals surface area contributed by atoms with Crippen molar-refractivity contribution in [2.75, 3.05) is 0 Å². The molecule has 0 amide bonds. The van der Waals surface area contributed by atoms with Crippen molar-refractivity contribution in [3.63, 3.8) is 0 Å². The maximum absolute atomic E-state index is 5.20. The molecule has 0 aliphatic carbocycles. The summed E-state index contributed by atoms with van der Waals surface area (Å²) in [6, 6.07) is 66.3. The second kappa shape index (κ2) is 13.0. The quantitative estimate of drug-likeness (QED) is 0.176. The number of hydrogen-bond donors (Lipinski definition) is 0. The highest BCUT2D eigenvalue weighted by molar-refractivity contribution is 6.00. The van der Waals surface area contributed by atoms with Crippen molar-refractivity contribution >= 4 is 55.2 Å². The van der Waals surface area contributed by atoms with Gasteiger partial charge in [-0.1, -0.05) is 127 Å². The third kappa shape index (κ3) is 5.41. The molecule has 4 aromatic heterocycles. The molecule has 6 nitrogen and oxygen atoms in total. The number of aromatic nitrogens is 6. The van der Waals surface area contributed by atoms with Crippen LogP contribution >= 0.6 is 0 Å². The third-order valence-electron chi connectivity index (χ3n) is 11.6. The smallest absolute Gasteiger partial charge is 0.149 e. The Hall–Kier alpha value is -7.96. The van der Waals surface area contributed by atoms with Gasteiger partial charge in [0.25, 0.3) is 0 Å². The second-order valence-electron chi connectivity index (χ2n) is 15.2. The van der Waals surface area contributed by atoms with Gasteiger partial charge in [-0.15, -0.1) is 0 Å². The molecular weight excluding hydrogens is 721 g/mol. The van der Waals surface area contributed by atoms with Crippen LogP contribution in [0.3, 0.4) is 0 Å². The lowest BCUT2D eigenvalue weighted by Crippen LogP contribution is -1.98. The van der Waals surface area contributed by atoms with Gasteiger partial charge in [0.1, 0.15) is 22.9 Å². The van der Waals surface area contributed by atoms with Crippen LogP contribution in [0.25, 0.3) is 111 Å².